The third-order valence-corrected chi connectivity index (χ3v) is 6.01. The van der Waals surface area contributed by atoms with Gasteiger partial charge in [-0.25, -0.2) is 9.37 Å². The lowest BCUT2D eigenvalue weighted by Gasteiger charge is -2.25. The summed E-state index contributed by atoms with van der Waals surface area (Å²) in [6.07, 6.45) is 0. The molecule has 0 spiro atoms. The molecule has 3 rings (SSSR count). The second kappa shape index (κ2) is 9.86. The van der Waals surface area contributed by atoms with Gasteiger partial charge in [-0.3, -0.25) is 9.69 Å². The third kappa shape index (κ3) is 4.71. The number of anilines is 1. The highest BCUT2D eigenvalue weighted by molar-refractivity contribution is 7.22. The number of nitrogens with zero attached hydrogens (tertiary/aromatic N) is 3. The van der Waals surface area contributed by atoms with Crippen molar-refractivity contribution in [2.75, 3.05) is 45.3 Å². The number of benzene rings is 2. The molecule has 0 aliphatic heterocycles. The number of hydrogen-bond donors (Lipinski definition) is 0. The summed E-state index contributed by atoms with van der Waals surface area (Å²) in [5.41, 5.74) is 0.701. The van der Waals surface area contributed by atoms with Gasteiger partial charge in [-0.2, -0.15) is 0 Å². The zero-order valence-electron chi connectivity index (χ0n) is 17.6. The minimum atomic E-state index is -0.394. The van der Waals surface area contributed by atoms with E-state index in [0.29, 0.717) is 40.0 Å². The van der Waals surface area contributed by atoms with E-state index in [1.165, 1.54) is 31.6 Å². The number of aromatic nitrogens is 1. The molecule has 2 aromatic carbocycles. The van der Waals surface area contributed by atoms with Crippen LogP contribution in [0.15, 0.2) is 36.4 Å². The first kappa shape index (κ1) is 22.0. The monoisotopic (exact) mass is 431 g/mol. The van der Waals surface area contributed by atoms with E-state index in [1.54, 1.807) is 35.2 Å². The summed E-state index contributed by atoms with van der Waals surface area (Å²) in [6, 6.07) is 9.88. The quantitative estimate of drug-likeness (QED) is 0.501. The topological polar surface area (TPSA) is 54.9 Å². The fourth-order valence-corrected chi connectivity index (χ4v) is 4.18. The number of halogens is 1. The Kier molecular flexibility index (Phi) is 7.23. The number of rotatable bonds is 9. The molecule has 1 heterocycles. The molecule has 0 aliphatic carbocycles. The van der Waals surface area contributed by atoms with Gasteiger partial charge in [0.05, 0.1) is 18.9 Å². The van der Waals surface area contributed by atoms with Crippen LogP contribution in [0.25, 0.3) is 10.2 Å². The van der Waals surface area contributed by atoms with Crippen LogP contribution in [0.4, 0.5) is 9.52 Å². The van der Waals surface area contributed by atoms with E-state index in [2.05, 4.69) is 23.7 Å². The molecular formula is C22H26FN3O3S. The molecule has 8 heteroatoms. The van der Waals surface area contributed by atoms with E-state index in [0.717, 1.165) is 13.1 Å². The number of methoxy groups -OCH3 is 2. The number of fused-ring (bicyclic) bond motifs is 1. The van der Waals surface area contributed by atoms with Gasteiger partial charge < -0.3 is 14.4 Å². The van der Waals surface area contributed by atoms with Gasteiger partial charge in [0, 0.05) is 24.7 Å². The maximum absolute atomic E-state index is 14.2. The van der Waals surface area contributed by atoms with E-state index < -0.39 is 5.82 Å². The predicted molar refractivity (Wildman–Crippen MR) is 119 cm³/mol. The van der Waals surface area contributed by atoms with Crippen LogP contribution >= 0.6 is 11.3 Å². The highest BCUT2D eigenvalue weighted by atomic mass is 32.1. The van der Waals surface area contributed by atoms with Crippen LogP contribution in [0, 0.1) is 5.82 Å². The minimum Gasteiger partial charge on any atom is -0.497 e. The molecular weight excluding hydrogens is 405 g/mol. The van der Waals surface area contributed by atoms with Crippen molar-refractivity contribution in [3.05, 3.63) is 47.8 Å². The van der Waals surface area contributed by atoms with Crippen LogP contribution in [0.3, 0.4) is 0 Å². The Hall–Kier alpha value is -2.71. The standard InChI is InChI=1S/C22H26FN3O3S/c1-5-25(6-2)10-11-26(22-24-20-18(23)8-7-9-19(20)30-22)21(27)15-12-16(28-3)14-17(13-15)29-4/h7-9,12-14H,5-6,10-11H2,1-4H3. The zero-order chi connectivity index (χ0) is 21.7. The van der Waals surface area contributed by atoms with Crippen LogP contribution in [0.2, 0.25) is 0 Å². The lowest BCUT2D eigenvalue weighted by molar-refractivity contribution is 0.0983. The zero-order valence-corrected chi connectivity index (χ0v) is 18.5. The van der Waals surface area contributed by atoms with Gasteiger partial charge in [-0.15, -0.1) is 0 Å². The summed E-state index contributed by atoms with van der Waals surface area (Å²) in [7, 11) is 3.08. The molecule has 0 radical (unpaired) electrons. The van der Waals surface area contributed by atoms with Crippen LogP contribution in [-0.4, -0.2) is 56.2 Å². The molecule has 1 amide bonds. The number of para-hydroxylation sites is 1. The second-order valence-corrected chi connectivity index (χ2v) is 7.68. The number of carbonyl (C=O) groups is 1. The van der Waals surface area contributed by atoms with E-state index in [1.807, 2.05) is 0 Å². The normalized spacial score (nSPS) is 11.1. The highest BCUT2D eigenvalue weighted by Gasteiger charge is 2.23. The van der Waals surface area contributed by atoms with Crippen LogP contribution < -0.4 is 14.4 Å². The Bertz CT molecular complexity index is 998. The Labute approximate surface area is 179 Å². The molecule has 6 nitrogen and oxygen atoms in total. The average Bonchev–Trinajstić information content (AvgIpc) is 3.21. The molecule has 0 aliphatic rings. The first-order valence-electron chi connectivity index (χ1n) is 9.83. The van der Waals surface area contributed by atoms with Gasteiger partial charge in [0.1, 0.15) is 22.8 Å². The lowest BCUT2D eigenvalue weighted by Crippen LogP contribution is -2.38. The lowest BCUT2D eigenvalue weighted by atomic mass is 10.1. The highest BCUT2D eigenvalue weighted by Crippen LogP contribution is 2.32. The van der Waals surface area contributed by atoms with E-state index >= 15 is 0 Å². The Morgan fingerprint density at radius 1 is 1.07 bits per heavy atom. The summed E-state index contributed by atoms with van der Waals surface area (Å²) >= 11 is 1.30. The Morgan fingerprint density at radius 3 is 2.30 bits per heavy atom. The maximum atomic E-state index is 14.2. The van der Waals surface area contributed by atoms with E-state index in [9.17, 15) is 9.18 Å². The molecule has 160 valence electrons. The van der Waals surface area contributed by atoms with Crippen LogP contribution in [-0.2, 0) is 0 Å². The summed E-state index contributed by atoms with van der Waals surface area (Å²) < 4.78 is 25.5. The number of hydrogen-bond acceptors (Lipinski definition) is 6. The van der Waals surface area contributed by atoms with Gasteiger partial charge in [-0.05, 0) is 37.4 Å². The fraction of sp³-hybridized carbons (Fsp3) is 0.364. The summed E-state index contributed by atoms with van der Waals surface area (Å²) in [5.74, 6) is 0.418. The van der Waals surface area contributed by atoms with Gasteiger partial charge in [0.25, 0.3) is 5.91 Å². The third-order valence-electron chi connectivity index (χ3n) is 4.97. The van der Waals surface area contributed by atoms with Crippen molar-refractivity contribution in [3.8, 4) is 11.5 Å². The first-order chi connectivity index (χ1) is 14.5. The van der Waals surface area contributed by atoms with Crippen LogP contribution in [0.5, 0.6) is 11.5 Å². The first-order valence-corrected chi connectivity index (χ1v) is 10.6. The molecule has 1 aromatic heterocycles. The van der Waals surface area contributed by atoms with Crippen molar-refractivity contribution >= 4 is 32.6 Å². The number of thiazole rings is 1. The second-order valence-electron chi connectivity index (χ2n) is 6.67. The largest absolute Gasteiger partial charge is 0.497 e. The molecule has 0 saturated heterocycles. The van der Waals surface area contributed by atoms with Crippen molar-refractivity contribution in [2.45, 2.75) is 13.8 Å². The van der Waals surface area contributed by atoms with Gasteiger partial charge in [-0.1, -0.05) is 31.3 Å². The molecule has 3 aromatic rings. The minimum absolute atomic E-state index is 0.237. The number of likely N-dealkylation sites (N-methyl/N-ethyl adjacent to an activating group) is 1. The van der Waals surface area contributed by atoms with Crippen molar-refractivity contribution in [3.63, 3.8) is 0 Å². The summed E-state index contributed by atoms with van der Waals surface area (Å²) in [5, 5.41) is 0.467. The van der Waals surface area contributed by atoms with E-state index in [4.69, 9.17) is 9.47 Å². The van der Waals surface area contributed by atoms with Gasteiger partial charge in [0.2, 0.25) is 0 Å². The van der Waals surface area contributed by atoms with Crippen molar-refractivity contribution < 1.29 is 18.7 Å². The average molecular weight is 432 g/mol. The predicted octanol–water partition coefficient (Wildman–Crippen LogP) is 4.44. The molecule has 0 saturated carbocycles. The van der Waals surface area contributed by atoms with Crippen molar-refractivity contribution in [1.29, 1.82) is 0 Å². The Balaban J connectivity index is 2.02. The summed E-state index contributed by atoms with van der Waals surface area (Å²) in [6.45, 7) is 7.02. The van der Waals surface area contributed by atoms with Gasteiger partial charge >= 0.3 is 0 Å². The SMILES string of the molecule is CCN(CC)CCN(C(=O)c1cc(OC)cc(OC)c1)c1nc2c(F)cccc2s1. The molecule has 0 N–H and O–H groups in total. The summed E-state index contributed by atoms with van der Waals surface area (Å²) in [4.78, 5) is 21.8. The number of ether oxygens (including phenoxy) is 2. The number of carbonyl (C=O) groups excluding carboxylic acids is 1. The van der Waals surface area contributed by atoms with Crippen molar-refractivity contribution in [2.24, 2.45) is 0 Å². The Morgan fingerprint density at radius 2 is 1.73 bits per heavy atom. The molecule has 0 atom stereocenters. The smallest absolute Gasteiger partial charge is 0.260 e. The molecule has 0 unspecified atom stereocenters. The van der Waals surface area contributed by atoms with E-state index in [-0.39, 0.29) is 11.4 Å². The number of amides is 1. The fourth-order valence-electron chi connectivity index (χ4n) is 3.17. The molecule has 0 bridgehead atoms. The molecule has 0 fully saturated rings. The van der Waals surface area contributed by atoms with Crippen molar-refractivity contribution in [1.82, 2.24) is 9.88 Å². The maximum Gasteiger partial charge on any atom is 0.260 e. The molecule has 30 heavy (non-hydrogen) atoms. The van der Waals surface area contributed by atoms with Gasteiger partial charge in [0.15, 0.2) is 5.13 Å². The van der Waals surface area contributed by atoms with Crippen LogP contribution in [0.1, 0.15) is 24.2 Å².